The fraction of sp³-hybridized carbons (Fsp3) is 0.217. The van der Waals surface area contributed by atoms with Crippen molar-refractivity contribution >= 4 is 11.8 Å². The van der Waals surface area contributed by atoms with Crippen molar-refractivity contribution in [3.63, 3.8) is 0 Å². The van der Waals surface area contributed by atoms with Gasteiger partial charge in [0.15, 0.2) is 6.61 Å². The van der Waals surface area contributed by atoms with E-state index in [1.807, 2.05) is 24.5 Å². The van der Waals surface area contributed by atoms with Gasteiger partial charge in [0, 0.05) is 22.6 Å². The van der Waals surface area contributed by atoms with Crippen LogP contribution in [-0.4, -0.2) is 29.5 Å². The number of benzene rings is 2. The normalized spacial score (nSPS) is 10.9. The maximum Gasteiger partial charge on any atom is 0.387 e. The van der Waals surface area contributed by atoms with Gasteiger partial charge in [-0.15, -0.1) is 0 Å². The molecule has 7 heteroatoms. The van der Waals surface area contributed by atoms with E-state index in [-0.39, 0.29) is 18.1 Å². The molecule has 0 amide bonds. The number of esters is 1. The summed E-state index contributed by atoms with van der Waals surface area (Å²) in [4.78, 5) is 24.8. The fourth-order valence-electron chi connectivity index (χ4n) is 3.28. The van der Waals surface area contributed by atoms with Gasteiger partial charge in [-0.1, -0.05) is 17.7 Å². The molecular formula is C23H21F2NO4. The maximum atomic E-state index is 12.6. The Hall–Kier alpha value is -3.48. The summed E-state index contributed by atoms with van der Waals surface area (Å²) in [5.74, 6) is -0.834. The van der Waals surface area contributed by atoms with E-state index in [0.29, 0.717) is 22.5 Å². The van der Waals surface area contributed by atoms with Crippen molar-refractivity contribution in [3.05, 3.63) is 82.7 Å². The van der Waals surface area contributed by atoms with Crippen LogP contribution in [0.25, 0.3) is 5.69 Å². The molecule has 0 saturated heterocycles. The van der Waals surface area contributed by atoms with Crippen molar-refractivity contribution in [1.82, 2.24) is 4.57 Å². The van der Waals surface area contributed by atoms with E-state index >= 15 is 0 Å². The number of carbonyl (C=O) groups is 2. The van der Waals surface area contributed by atoms with E-state index in [9.17, 15) is 18.4 Å². The Morgan fingerprint density at radius 2 is 1.70 bits per heavy atom. The third kappa shape index (κ3) is 4.74. The lowest BCUT2D eigenvalue weighted by Gasteiger charge is -2.11. The molecule has 3 aromatic rings. The van der Waals surface area contributed by atoms with Crippen LogP contribution in [0.3, 0.4) is 0 Å². The summed E-state index contributed by atoms with van der Waals surface area (Å²) in [6.07, 6.45) is 0. The molecule has 156 valence electrons. The van der Waals surface area contributed by atoms with Crippen LogP contribution in [0.2, 0.25) is 0 Å². The Morgan fingerprint density at radius 3 is 2.33 bits per heavy atom. The van der Waals surface area contributed by atoms with Gasteiger partial charge in [0.2, 0.25) is 5.78 Å². The lowest BCUT2D eigenvalue weighted by atomic mass is 10.1. The van der Waals surface area contributed by atoms with Crippen molar-refractivity contribution in [2.45, 2.75) is 27.4 Å². The summed E-state index contributed by atoms with van der Waals surface area (Å²) in [7, 11) is 0. The molecule has 0 aliphatic heterocycles. The zero-order valence-corrected chi connectivity index (χ0v) is 16.8. The second-order valence-electron chi connectivity index (χ2n) is 6.86. The predicted molar refractivity (Wildman–Crippen MR) is 108 cm³/mol. The number of aryl methyl sites for hydroxylation is 2. The van der Waals surface area contributed by atoms with Crippen molar-refractivity contribution in [2.24, 2.45) is 0 Å². The topological polar surface area (TPSA) is 57.5 Å². The molecule has 0 spiro atoms. The Morgan fingerprint density at radius 1 is 1.00 bits per heavy atom. The average Bonchev–Trinajstić information content (AvgIpc) is 3.00. The molecule has 0 aliphatic rings. The highest BCUT2D eigenvalue weighted by molar-refractivity contribution is 6.00. The van der Waals surface area contributed by atoms with E-state index in [0.717, 1.165) is 11.3 Å². The highest BCUT2D eigenvalue weighted by Crippen LogP contribution is 2.24. The highest BCUT2D eigenvalue weighted by Gasteiger charge is 2.19. The lowest BCUT2D eigenvalue weighted by Crippen LogP contribution is -2.15. The zero-order valence-electron chi connectivity index (χ0n) is 16.8. The van der Waals surface area contributed by atoms with Crippen LogP contribution in [0.4, 0.5) is 8.78 Å². The van der Waals surface area contributed by atoms with E-state index in [2.05, 4.69) is 4.74 Å². The molecule has 0 atom stereocenters. The third-order valence-corrected chi connectivity index (χ3v) is 4.64. The number of halogens is 2. The zero-order chi connectivity index (χ0) is 21.8. The van der Waals surface area contributed by atoms with E-state index in [4.69, 9.17) is 4.74 Å². The summed E-state index contributed by atoms with van der Waals surface area (Å²) >= 11 is 0. The Labute approximate surface area is 172 Å². The molecule has 0 saturated carbocycles. The van der Waals surface area contributed by atoms with Crippen molar-refractivity contribution < 1.29 is 27.8 Å². The smallest absolute Gasteiger partial charge is 0.387 e. The Bertz CT molecular complexity index is 1070. The Balaban J connectivity index is 1.74. The van der Waals surface area contributed by atoms with Gasteiger partial charge in [-0.3, -0.25) is 4.79 Å². The van der Waals surface area contributed by atoms with Gasteiger partial charge in [0.1, 0.15) is 5.75 Å². The van der Waals surface area contributed by atoms with Crippen LogP contribution in [0.5, 0.6) is 5.75 Å². The predicted octanol–water partition coefficient (Wildman–Crippen LogP) is 5.04. The minimum Gasteiger partial charge on any atom is -0.454 e. The second-order valence-corrected chi connectivity index (χ2v) is 6.86. The summed E-state index contributed by atoms with van der Waals surface area (Å²) in [6.45, 7) is 2.19. The van der Waals surface area contributed by atoms with Gasteiger partial charge < -0.3 is 14.0 Å². The van der Waals surface area contributed by atoms with Crippen LogP contribution >= 0.6 is 0 Å². The van der Waals surface area contributed by atoms with Crippen LogP contribution < -0.4 is 4.74 Å². The van der Waals surface area contributed by atoms with Crippen molar-refractivity contribution in [3.8, 4) is 11.4 Å². The molecule has 0 N–H and O–H groups in total. The summed E-state index contributed by atoms with van der Waals surface area (Å²) in [6, 6.07) is 14.8. The molecule has 0 aliphatic carbocycles. The Kier molecular flexibility index (Phi) is 6.30. The molecule has 0 radical (unpaired) electrons. The first-order valence-electron chi connectivity index (χ1n) is 9.27. The van der Waals surface area contributed by atoms with Crippen molar-refractivity contribution in [2.75, 3.05) is 6.61 Å². The van der Waals surface area contributed by atoms with Gasteiger partial charge in [-0.05, 0) is 63.2 Å². The highest BCUT2D eigenvalue weighted by atomic mass is 19.3. The molecule has 0 fully saturated rings. The van der Waals surface area contributed by atoms with E-state index in [1.54, 1.807) is 43.3 Å². The number of hydrogen-bond donors (Lipinski definition) is 0. The van der Waals surface area contributed by atoms with E-state index < -0.39 is 12.6 Å². The van der Waals surface area contributed by atoms with Gasteiger partial charge >= 0.3 is 12.6 Å². The quantitative estimate of drug-likeness (QED) is 0.402. The standard InChI is InChI=1S/C23H21F2NO4/c1-14-5-4-6-17(11-14)22(28)29-13-21(27)20-12-15(2)26(16(20)3)18-7-9-19(10-8-18)30-23(24)25/h4-12,23H,13H2,1-3H3. The SMILES string of the molecule is Cc1cccc(C(=O)OCC(=O)c2cc(C)n(-c3ccc(OC(F)F)cc3)c2C)c1. The number of ether oxygens (including phenoxy) is 2. The monoisotopic (exact) mass is 413 g/mol. The first-order valence-corrected chi connectivity index (χ1v) is 9.27. The average molecular weight is 413 g/mol. The van der Waals surface area contributed by atoms with Crippen LogP contribution in [0.1, 0.15) is 37.7 Å². The molecule has 3 rings (SSSR count). The van der Waals surface area contributed by atoms with Gasteiger partial charge in [0.05, 0.1) is 5.56 Å². The number of ketones is 1. The number of Topliss-reactive ketones (excluding diaryl/α,β-unsaturated/α-hetero) is 1. The summed E-state index contributed by atoms with van der Waals surface area (Å²) in [5, 5.41) is 0. The first-order chi connectivity index (χ1) is 14.3. The first kappa shape index (κ1) is 21.2. The molecule has 1 aromatic heterocycles. The lowest BCUT2D eigenvalue weighted by molar-refractivity contribution is -0.0498. The van der Waals surface area contributed by atoms with Gasteiger partial charge in [-0.2, -0.15) is 8.78 Å². The molecule has 0 bridgehead atoms. The number of alkyl halides is 2. The minimum absolute atomic E-state index is 0.0515. The summed E-state index contributed by atoms with van der Waals surface area (Å²) in [5.41, 5.74) is 3.87. The number of carbonyl (C=O) groups excluding carboxylic acids is 2. The van der Waals surface area contributed by atoms with E-state index in [1.165, 1.54) is 12.1 Å². The molecule has 5 nitrogen and oxygen atoms in total. The molecule has 0 unspecified atom stereocenters. The van der Waals surface area contributed by atoms with Crippen LogP contribution in [-0.2, 0) is 4.74 Å². The third-order valence-electron chi connectivity index (χ3n) is 4.64. The van der Waals surface area contributed by atoms with Crippen LogP contribution in [0, 0.1) is 20.8 Å². The molecular weight excluding hydrogens is 392 g/mol. The second kappa shape index (κ2) is 8.90. The largest absolute Gasteiger partial charge is 0.454 e. The summed E-state index contributed by atoms with van der Waals surface area (Å²) < 4.78 is 36.0. The number of rotatable bonds is 7. The molecule has 1 heterocycles. The number of nitrogens with zero attached hydrogens (tertiary/aromatic N) is 1. The number of aromatic nitrogens is 1. The van der Waals surface area contributed by atoms with Crippen LogP contribution in [0.15, 0.2) is 54.6 Å². The van der Waals surface area contributed by atoms with Crippen molar-refractivity contribution in [1.29, 1.82) is 0 Å². The van der Waals surface area contributed by atoms with Gasteiger partial charge in [-0.25, -0.2) is 4.79 Å². The fourth-order valence-corrected chi connectivity index (χ4v) is 3.28. The van der Waals surface area contributed by atoms with Gasteiger partial charge in [0.25, 0.3) is 0 Å². The molecule has 2 aromatic carbocycles. The number of hydrogen-bond acceptors (Lipinski definition) is 4. The maximum absolute atomic E-state index is 12.6. The minimum atomic E-state index is -2.89. The molecule has 30 heavy (non-hydrogen) atoms.